The Labute approximate surface area is 114 Å². The van der Waals surface area contributed by atoms with E-state index < -0.39 is 0 Å². The third-order valence-electron chi connectivity index (χ3n) is 3.23. The molecule has 0 bridgehead atoms. The van der Waals surface area contributed by atoms with Crippen LogP contribution in [0.1, 0.15) is 19.3 Å². The van der Waals surface area contributed by atoms with Gasteiger partial charge in [-0.3, -0.25) is 0 Å². The molecule has 0 radical (unpaired) electrons. The first-order chi connectivity index (χ1) is 8.25. The van der Waals surface area contributed by atoms with Crippen LogP contribution in [-0.2, 0) is 0 Å². The van der Waals surface area contributed by atoms with E-state index in [0.717, 1.165) is 24.1 Å². The molecule has 1 aliphatic heterocycles. The maximum atomic E-state index is 6.04. The molecule has 2 aromatic rings. The van der Waals surface area contributed by atoms with Crippen molar-refractivity contribution in [1.82, 2.24) is 9.66 Å². The molecule has 2 N–H and O–H groups in total. The Hall–Kier alpha value is -0.980. The Balaban J connectivity index is 2.11. The lowest BCUT2D eigenvalue weighted by Gasteiger charge is -2.30. The van der Waals surface area contributed by atoms with Crippen LogP contribution in [-0.4, -0.2) is 22.7 Å². The molecule has 1 fully saturated rings. The lowest BCUT2D eigenvalue weighted by atomic mass is 10.2. The lowest BCUT2D eigenvalue weighted by Crippen LogP contribution is -2.39. The van der Waals surface area contributed by atoms with Gasteiger partial charge in [-0.15, -0.1) is 0 Å². The van der Waals surface area contributed by atoms with Crippen LogP contribution in [0.3, 0.4) is 0 Å². The number of nitrogen functional groups attached to an aromatic ring is 1. The normalized spacial score (nSPS) is 16.6. The number of benzene rings is 1. The Kier molecular flexibility index (Phi) is 2.85. The van der Waals surface area contributed by atoms with Crippen molar-refractivity contribution in [2.45, 2.75) is 19.3 Å². The van der Waals surface area contributed by atoms with Crippen LogP contribution in [0, 0.1) is 3.57 Å². The van der Waals surface area contributed by atoms with Crippen molar-refractivity contribution in [2.75, 3.05) is 23.8 Å². The van der Waals surface area contributed by atoms with Gasteiger partial charge in [0.1, 0.15) is 0 Å². The van der Waals surface area contributed by atoms with Gasteiger partial charge in [-0.1, -0.05) is 0 Å². The van der Waals surface area contributed by atoms with E-state index in [1.807, 2.05) is 0 Å². The Morgan fingerprint density at radius 2 is 1.94 bits per heavy atom. The Morgan fingerprint density at radius 3 is 2.71 bits per heavy atom. The smallest absolute Gasteiger partial charge is 0.220 e. The van der Waals surface area contributed by atoms with Gasteiger partial charge in [0, 0.05) is 16.7 Å². The fraction of sp³-hybridized carbons (Fsp3) is 0.417. The highest BCUT2D eigenvalue weighted by atomic mass is 127. The van der Waals surface area contributed by atoms with Gasteiger partial charge in [-0.2, -0.15) is 0 Å². The van der Waals surface area contributed by atoms with Crippen molar-refractivity contribution in [3.8, 4) is 0 Å². The van der Waals surface area contributed by atoms with Crippen LogP contribution in [0.15, 0.2) is 18.2 Å². The highest BCUT2D eigenvalue weighted by Gasteiger charge is 2.16. The van der Waals surface area contributed by atoms with Crippen LogP contribution in [0.2, 0.25) is 0 Å². The Morgan fingerprint density at radius 1 is 1.18 bits per heavy atom. The summed E-state index contributed by atoms with van der Waals surface area (Å²) in [6.45, 7) is 2.14. The van der Waals surface area contributed by atoms with Crippen molar-refractivity contribution in [1.29, 1.82) is 0 Å². The minimum atomic E-state index is 0.601. The fourth-order valence-corrected chi connectivity index (χ4v) is 2.91. The molecule has 5 heteroatoms. The molecule has 1 saturated heterocycles. The molecule has 0 atom stereocenters. The van der Waals surface area contributed by atoms with E-state index in [1.54, 1.807) is 0 Å². The number of anilines is 1. The van der Waals surface area contributed by atoms with E-state index in [-0.39, 0.29) is 0 Å². The zero-order valence-corrected chi connectivity index (χ0v) is 11.7. The van der Waals surface area contributed by atoms with Crippen LogP contribution in [0.4, 0.5) is 5.95 Å². The fourth-order valence-electron chi connectivity index (χ4n) is 2.43. The van der Waals surface area contributed by atoms with Gasteiger partial charge in [0.25, 0.3) is 0 Å². The van der Waals surface area contributed by atoms with E-state index in [1.165, 1.54) is 22.8 Å². The van der Waals surface area contributed by atoms with E-state index in [0.29, 0.717) is 5.95 Å². The monoisotopic (exact) mass is 342 g/mol. The minimum absolute atomic E-state index is 0.601. The molecule has 3 rings (SSSR count). The van der Waals surface area contributed by atoms with Gasteiger partial charge in [0.05, 0.1) is 11.0 Å². The third kappa shape index (κ3) is 1.96. The van der Waals surface area contributed by atoms with Gasteiger partial charge in [-0.05, 0) is 60.1 Å². The Bertz CT molecular complexity index is 543. The van der Waals surface area contributed by atoms with Crippen molar-refractivity contribution < 1.29 is 0 Å². The molecule has 0 spiro atoms. The number of imidazole rings is 1. The molecular formula is C12H15IN4. The van der Waals surface area contributed by atoms with Gasteiger partial charge < -0.3 is 10.7 Å². The van der Waals surface area contributed by atoms with Gasteiger partial charge in [-0.25, -0.2) is 9.66 Å². The maximum Gasteiger partial charge on any atom is 0.220 e. The maximum absolute atomic E-state index is 6.04. The van der Waals surface area contributed by atoms with Gasteiger partial charge in [0.15, 0.2) is 0 Å². The quantitative estimate of drug-likeness (QED) is 0.810. The molecule has 1 aliphatic rings. The van der Waals surface area contributed by atoms with E-state index in [4.69, 9.17) is 5.73 Å². The van der Waals surface area contributed by atoms with Crippen molar-refractivity contribution >= 4 is 39.6 Å². The number of hydrogen-bond donors (Lipinski definition) is 1. The number of nitrogens with zero attached hydrogens (tertiary/aromatic N) is 3. The predicted molar refractivity (Wildman–Crippen MR) is 78.7 cm³/mol. The molecule has 1 aromatic heterocycles. The average Bonchev–Trinajstić information content (AvgIpc) is 2.65. The van der Waals surface area contributed by atoms with E-state index >= 15 is 0 Å². The molecule has 0 amide bonds. The standard InChI is InChI=1S/C12H15IN4/c13-9-4-5-11-10(8-9)15-12(14)17(11)16-6-2-1-3-7-16/h4-5,8H,1-3,6-7H2,(H2,14,15). The zero-order valence-electron chi connectivity index (χ0n) is 9.56. The number of halogens is 1. The minimum Gasteiger partial charge on any atom is -0.368 e. The number of hydrogen-bond acceptors (Lipinski definition) is 3. The molecule has 17 heavy (non-hydrogen) atoms. The van der Waals surface area contributed by atoms with Crippen LogP contribution in [0.5, 0.6) is 0 Å². The summed E-state index contributed by atoms with van der Waals surface area (Å²) in [6.07, 6.45) is 3.80. The second kappa shape index (κ2) is 4.36. The SMILES string of the molecule is Nc1nc2cc(I)ccc2n1N1CCCCC1. The van der Waals surface area contributed by atoms with Crippen LogP contribution < -0.4 is 10.7 Å². The first kappa shape index (κ1) is 11.1. The van der Waals surface area contributed by atoms with Crippen molar-refractivity contribution in [3.05, 3.63) is 21.8 Å². The van der Waals surface area contributed by atoms with E-state index in [2.05, 4.69) is 55.5 Å². The summed E-state index contributed by atoms with van der Waals surface area (Å²) >= 11 is 2.30. The number of piperidine rings is 1. The van der Waals surface area contributed by atoms with Gasteiger partial charge >= 0.3 is 0 Å². The molecule has 0 unspecified atom stereocenters. The largest absolute Gasteiger partial charge is 0.368 e. The molecule has 90 valence electrons. The summed E-state index contributed by atoms with van der Waals surface area (Å²) < 4.78 is 3.27. The van der Waals surface area contributed by atoms with Crippen LogP contribution in [0.25, 0.3) is 11.0 Å². The summed E-state index contributed by atoms with van der Waals surface area (Å²) in [4.78, 5) is 4.44. The molecule has 4 nitrogen and oxygen atoms in total. The molecule has 2 heterocycles. The summed E-state index contributed by atoms with van der Waals surface area (Å²) in [5.74, 6) is 0.601. The number of rotatable bonds is 1. The molecule has 0 saturated carbocycles. The summed E-state index contributed by atoms with van der Waals surface area (Å²) in [7, 11) is 0. The lowest BCUT2D eigenvalue weighted by molar-refractivity contribution is 0.489. The molecule has 1 aromatic carbocycles. The van der Waals surface area contributed by atoms with Crippen molar-refractivity contribution in [2.24, 2.45) is 0 Å². The number of fused-ring (bicyclic) bond motifs is 1. The summed E-state index contributed by atoms with van der Waals surface area (Å²) in [5, 5.41) is 2.31. The van der Waals surface area contributed by atoms with Crippen molar-refractivity contribution in [3.63, 3.8) is 0 Å². The van der Waals surface area contributed by atoms with Crippen LogP contribution >= 0.6 is 22.6 Å². The second-order valence-electron chi connectivity index (χ2n) is 4.43. The average molecular weight is 342 g/mol. The number of aromatic nitrogens is 2. The summed E-state index contributed by atoms with van der Waals surface area (Å²) in [6, 6.07) is 6.28. The molecule has 0 aliphatic carbocycles. The number of nitrogens with two attached hydrogens (primary N) is 1. The first-order valence-corrected chi connectivity index (χ1v) is 7.02. The third-order valence-corrected chi connectivity index (χ3v) is 3.90. The topological polar surface area (TPSA) is 47.1 Å². The van der Waals surface area contributed by atoms with Gasteiger partial charge in [0.2, 0.25) is 5.95 Å². The highest BCUT2D eigenvalue weighted by Crippen LogP contribution is 2.22. The first-order valence-electron chi connectivity index (χ1n) is 5.94. The summed E-state index contributed by atoms with van der Waals surface area (Å²) in [5.41, 5.74) is 8.14. The second-order valence-corrected chi connectivity index (χ2v) is 5.67. The van der Waals surface area contributed by atoms with E-state index in [9.17, 15) is 0 Å². The predicted octanol–water partition coefficient (Wildman–Crippen LogP) is 2.35. The molecular weight excluding hydrogens is 327 g/mol. The highest BCUT2D eigenvalue weighted by molar-refractivity contribution is 14.1. The zero-order chi connectivity index (χ0) is 11.8.